The summed E-state index contributed by atoms with van der Waals surface area (Å²) < 4.78 is 5.93. The minimum Gasteiger partial charge on any atom is -0.489 e. The average molecular weight is 312 g/mol. The number of nitrogen functional groups attached to an aromatic ring is 1. The lowest BCUT2D eigenvalue weighted by atomic mass is 10.1. The molecule has 0 bridgehead atoms. The first-order valence-corrected chi connectivity index (χ1v) is 7.91. The minimum absolute atomic E-state index is 0.0129. The second-order valence-electron chi connectivity index (χ2n) is 5.69. The summed E-state index contributed by atoms with van der Waals surface area (Å²) in [5, 5.41) is 2.94. The van der Waals surface area contributed by atoms with Crippen LogP contribution in [0, 0.1) is 6.92 Å². The molecule has 1 atom stereocenters. The number of carbonyl (C=O) groups excluding carboxylic acids is 1. The number of ether oxygens (including phenoxy) is 1. The molecule has 0 heterocycles. The number of nitrogens with two attached hydrogens (primary N) is 1. The van der Waals surface area contributed by atoms with Crippen molar-refractivity contribution in [1.82, 2.24) is 5.32 Å². The van der Waals surface area contributed by atoms with Gasteiger partial charge < -0.3 is 15.8 Å². The van der Waals surface area contributed by atoms with Crippen molar-refractivity contribution in [3.05, 3.63) is 59.7 Å². The zero-order valence-electron chi connectivity index (χ0n) is 13.7. The number of amides is 1. The van der Waals surface area contributed by atoms with Crippen LogP contribution < -0.4 is 15.8 Å². The molecule has 0 saturated carbocycles. The highest BCUT2D eigenvalue weighted by atomic mass is 16.5. The lowest BCUT2D eigenvalue weighted by Crippen LogP contribution is -2.35. The summed E-state index contributed by atoms with van der Waals surface area (Å²) in [6, 6.07) is 15.3. The molecule has 1 unspecified atom stereocenters. The summed E-state index contributed by atoms with van der Waals surface area (Å²) in [5.41, 5.74) is 8.45. The Morgan fingerprint density at radius 1 is 1.22 bits per heavy atom. The Labute approximate surface area is 137 Å². The van der Waals surface area contributed by atoms with E-state index in [9.17, 15) is 4.79 Å². The molecule has 0 spiro atoms. The minimum atomic E-state index is -0.0350. The van der Waals surface area contributed by atoms with Gasteiger partial charge in [-0.15, -0.1) is 0 Å². The molecular weight excluding hydrogens is 288 g/mol. The first-order valence-electron chi connectivity index (χ1n) is 7.91. The van der Waals surface area contributed by atoms with Crippen molar-refractivity contribution in [3.8, 4) is 5.75 Å². The summed E-state index contributed by atoms with van der Waals surface area (Å²) in [7, 11) is 0. The summed E-state index contributed by atoms with van der Waals surface area (Å²) in [5.74, 6) is 0.825. The van der Waals surface area contributed by atoms with Crippen molar-refractivity contribution in [1.29, 1.82) is 0 Å². The van der Waals surface area contributed by atoms with Gasteiger partial charge in [-0.2, -0.15) is 0 Å². The van der Waals surface area contributed by atoms with Gasteiger partial charge in [0.1, 0.15) is 11.9 Å². The molecule has 0 aliphatic carbocycles. The predicted molar refractivity (Wildman–Crippen MR) is 93.5 cm³/mol. The second kappa shape index (κ2) is 8.22. The van der Waals surface area contributed by atoms with Gasteiger partial charge >= 0.3 is 0 Å². The van der Waals surface area contributed by atoms with Gasteiger partial charge in [0, 0.05) is 5.69 Å². The summed E-state index contributed by atoms with van der Waals surface area (Å²) in [4.78, 5) is 12.0. The summed E-state index contributed by atoms with van der Waals surface area (Å²) in [6.45, 7) is 4.58. The molecule has 2 aromatic rings. The zero-order chi connectivity index (χ0) is 16.7. The fourth-order valence-electron chi connectivity index (χ4n) is 2.26. The molecule has 0 fully saturated rings. The van der Waals surface area contributed by atoms with E-state index in [2.05, 4.69) is 5.32 Å². The van der Waals surface area contributed by atoms with E-state index in [1.807, 2.05) is 50.2 Å². The molecule has 122 valence electrons. The molecule has 0 saturated heterocycles. The van der Waals surface area contributed by atoms with Crippen molar-refractivity contribution in [3.63, 3.8) is 0 Å². The number of rotatable bonds is 7. The van der Waals surface area contributed by atoms with E-state index in [1.54, 1.807) is 12.1 Å². The van der Waals surface area contributed by atoms with Gasteiger partial charge in [-0.1, -0.05) is 31.2 Å². The maximum Gasteiger partial charge on any atom is 0.224 e. The van der Waals surface area contributed by atoms with Crippen molar-refractivity contribution >= 4 is 11.6 Å². The highest BCUT2D eigenvalue weighted by Crippen LogP contribution is 2.15. The molecule has 23 heavy (non-hydrogen) atoms. The van der Waals surface area contributed by atoms with E-state index in [1.165, 1.54) is 0 Å². The number of nitrogens with one attached hydrogen (secondary N) is 1. The number of benzene rings is 2. The summed E-state index contributed by atoms with van der Waals surface area (Å²) >= 11 is 0. The number of anilines is 1. The maximum atomic E-state index is 12.0. The Kier molecular flexibility index (Phi) is 6.03. The molecule has 2 aromatic carbocycles. The van der Waals surface area contributed by atoms with Gasteiger partial charge in [0.05, 0.1) is 13.0 Å². The van der Waals surface area contributed by atoms with E-state index in [4.69, 9.17) is 10.5 Å². The van der Waals surface area contributed by atoms with Crippen LogP contribution in [0.5, 0.6) is 5.75 Å². The van der Waals surface area contributed by atoms with Gasteiger partial charge in [0.15, 0.2) is 0 Å². The normalized spacial score (nSPS) is 11.7. The topological polar surface area (TPSA) is 64.4 Å². The molecule has 3 N–H and O–H groups in total. The molecule has 0 aromatic heterocycles. The quantitative estimate of drug-likeness (QED) is 0.772. The lowest BCUT2D eigenvalue weighted by Gasteiger charge is -2.18. The van der Waals surface area contributed by atoms with E-state index in [-0.39, 0.29) is 12.0 Å². The number of hydrogen-bond acceptors (Lipinski definition) is 3. The van der Waals surface area contributed by atoms with Gasteiger partial charge in [0.25, 0.3) is 0 Å². The van der Waals surface area contributed by atoms with Crippen molar-refractivity contribution < 1.29 is 9.53 Å². The van der Waals surface area contributed by atoms with Crippen LogP contribution in [-0.2, 0) is 11.2 Å². The van der Waals surface area contributed by atoms with Crippen LogP contribution in [0.25, 0.3) is 0 Å². The monoisotopic (exact) mass is 312 g/mol. The van der Waals surface area contributed by atoms with E-state index in [0.717, 1.165) is 23.3 Å². The third-order valence-electron chi connectivity index (χ3n) is 3.62. The molecule has 4 heteroatoms. The van der Waals surface area contributed by atoms with E-state index >= 15 is 0 Å². The molecule has 0 aliphatic rings. The largest absolute Gasteiger partial charge is 0.489 e. The Hall–Kier alpha value is -2.49. The van der Waals surface area contributed by atoms with Crippen molar-refractivity contribution in [2.45, 2.75) is 32.8 Å². The van der Waals surface area contributed by atoms with Crippen LogP contribution in [0.3, 0.4) is 0 Å². The first-order chi connectivity index (χ1) is 11.1. The molecule has 4 nitrogen and oxygen atoms in total. The van der Waals surface area contributed by atoms with Gasteiger partial charge in [-0.3, -0.25) is 4.79 Å². The highest BCUT2D eigenvalue weighted by molar-refractivity contribution is 5.78. The van der Waals surface area contributed by atoms with Crippen molar-refractivity contribution in [2.24, 2.45) is 0 Å². The van der Waals surface area contributed by atoms with Gasteiger partial charge in [0.2, 0.25) is 5.91 Å². The van der Waals surface area contributed by atoms with E-state index < -0.39 is 0 Å². The predicted octanol–water partition coefficient (Wildman–Crippen LogP) is 3.09. The Balaban J connectivity index is 1.82. The SMILES string of the molecule is CCC(CNC(=O)Cc1ccc(N)cc1)Oc1cccc(C)c1. The highest BCUT2D eigenvalue weighted by Gasteiger charge is 2.11. The third-order valence-corrected chi connectivity index (χ3v) is 3.62. The number of aryl methyl sites for hydroxylation is 1. The molecule has 1 amide bonds. The average Bonchev–Trinajstić information content (AvgIpc) is 2.53. The zero-order valence-corrected chi connectivity index (χ0v) is 13.7. The van der Waals surface area contributed by atoms with Crippen LogP contribution in [0.2, 0.25) is 0 Å². The molecule has 0 aliphatic heterocycles. The second-order valence-corrected chi connectivity index (χ2v) is 5.69. The van der Waals surface area contributed by atoms with Crippen LogP contribution in [0.4, 0.5) is 5.69 Å². The molecule has 2 rings (SSSR count). The number of hydrogen-bond donors (Lipinski definition) is 2. The number of carbonyl (C=O) groups is 1. The van der Waals surface area contributed by atoms with Gasteiger partial charge in [-0.05, 0) is 48.7 Å². The van der Waals surface area contributed by atoms with Crippen molar-refractivity contribution in [2.75, 3.05) is 12.3 Å². The fourth-order valence-corrected chi connectivity index (χ4v) is 2.26. The smallest absolute Gasteiger partial charge is 0.224 e. The molecule has 0 radical (unpaired) electrons. The van der Waals surface area contributed by atoms with Crippen LogP contribution in [-0.4, -0.2) is 18.6 Å². The Bertz CT molecular complexity index is 638. The third kappa shape index (κ3) is 5.66. The van der Waals surface area contributed by atoms with Crippen LogP contribution in [0.1, 0.15) is 24.5 Å². The Morgan fingerprint density at radius 2 is 1.96 bits per heavy atom. The van der Waals surface area contributed by atoms with Gasteiger partial charge in [-0.25, -0.2) is 0 Å². The molecular formula is C19H24N2O2. The summed E-state index contributed by atoms with van der Waals surface area (Å²) in [6.07, 6.45) is 1.14. The Morgan fingerprint density at radius 3 is 2.61 bits per heavy atom. The van der Waals surface area contributed by atoms with Crippen LogP contribution in [0.15, 0.2) is 48.5 Å². The lowest BCUT2D eigenvalue weighted by molar-refractivity contribution is -0.120. The fraction of sp³-hybridized carbons (Fsp3) is 0.316. The van der Waals surface area contributed by atoms with Crippen LogP contribution >= 0.6 is 0 Å². The van der Waals surface area contributed by atoms with E-state index in [0.29, 0.717) is 18.7 Å². The maximum absolute atomic E-state index is 12.0. The first kappa shape index (κ1) is 16.9. The standard InChI is InChI=1S/C19H24N2O2/c1-3-17(23-18-6-4-5-14(2)11-18)13-21-19(22)12-15-7-9-16(20)10-8-15/h4-11,17H,3,12-13,20H2,1-2H3,(H,21,22).